The Morgan fingerprint density at radius 1 is 1.38 bits per heavy atom. The minimum atomic E-state index is -0.337. The van der Waals surface area contributed by atoms with Gasteiger partial charge in [0.2, 0.25) is 0 Å². The van der Waals surface area contributed by atoms with Gasteiger partial charge >= 0.3 is 0 Å². The fourth-order valence-corrected chi connectivity index (χ4v) is 2.06. The lowest BCUT2D eigenvalue weighted by atomic mass is 10.3. The highest BCUT2D eigenvalue weighted by Crippen LogP contribution is 2.31. The van der Waals surface area contributed by atoms with Crippen LogP contribution in [0.25, 0.3) is 0 Å². The molecule has 0 bridgehead atoms. The van der Waals surface area contributed by atoms with Crippen LogP contribution < -0.4 is 15.4 Å². The minimum Gasteiger partial charge on any atom is -0.486 e. The molecule has 21 heavy (non-hydrogen) atoms. The van der Waals surface area contributed by atoms with Crippen LogP contribution >= 0.6 is 0 Å². The Labute approximate surface area is 125 Å². The first-order valence-corrected chi connectivity index (χ1v) is 7.54. The molecule has 0 aromatic heterocycles. The lowest BCUT2D eigenvalue weighted by Gasteiger charge is -2.18. The zero-order valence-electron chi connectivity index (χ0n) is 12.7. The molecule has 4 nitrogen and oxygen atoms in total. The Kier molecular flexibility index (Phi) is 5.84. The molecule has 116 valence electrons. The quantitative estimate of drug-likeness (QED) is 0.600. The van der Waals surface area contributed by atoms with Crippen molar-refractivity contribution >= 4 is 5.96 Å². The second-order valence-corrected chi connectivity index (χ2v) is 5.47. The first-order valence-electron chi connectivity index (χ1n) is 7.54. The molecule has 0 saturated heterocycles. The summed E-state index contributed by atoms with van der Waals surface area (Å²) in [7, 11) is 1.74. The molecule has 0 spiro atoms. The smallest absolute Gasteiger partial charge is 0.191 e. The Balaban J connectivity index is 1.68. The van der Waals surface area contributed by atoms with Crippen molar-refractivity contribution in [2.75, 3.05) is 20.1 Å². The summed E-state index contributed by atoms with van der Waals surface area (Å²) in [6, 6.07) is 6.44. The van der Waals surface area contributed by atoms with Crippen molar-refractivity contribution in [1.29, 1.82) is 0 Å². The molecule has 0 heterocycles. The zero-order chi connectivity index (χ0) is 15.1. The summed E-state index contributed by atoms with van der Waals surface area (Å²) in [5.74, 6) is 1.61. The number of hydrogen-bond acceptors (Lipinski definition) is 2. The van der Waals surface area contributed by atoms with Crippen LogP contribution in [-0.4, -0.2) is 32.2 Å². The Morgan fingerprint density at radius 2 is 2.14 bits per heavy atom. The van der Waals surface area contributed by atoms with Crippen LogP contribution in [-0.2, 0) is 0 Å². The second kappa shape index (κ2) is 7.86. The van der Waals surface area contributed by atoms with Gasteiger partial charge in [-0.3, -0.25) is 4.99 Å². The molecule has 0 radical (unpaired) electrons. The van der Waals surface area contributed by atoms with Crippen LogP contribution in [0.15, 0.2) is 29.3 Å². The predicted molar refractivity (Wildman–Crippen MR) is 83.2 cm³/mol. The van der Waals surface area contributed by atoms with Gasteiger partial charge < -0.3 is 15.4 Å². The van der Waals surface area contributed by atoms with E-state index in [1.165, 1.54) is 25.3 Å². The van der Waals surface area contributed by atoms with E-state index in [-0.39, 0.29) is 17.7 Å². The van der Waals surface area contributed by atoms with Gasteiger partial charge in [-0.15, -0.1) is 0 Å². The predicted octanol–water partition coefficient (Wildman–Crippen LogP) is 2.56. The molecule has 5 heteroatoms. The van der Waals surface area contributed by atoms with E-state index in [0.717, 1.165) is 18.4 Å². The SMILES string of the molecule is CN=C(NCCC1CC1)NCC(C)Oc1ccccc1F. The van der Waals surface area contributed by atoms with E-state index < -0.39 is 0 Å². The molecule has 1 aliphatic carbocycles. The second-order valence-electron chi connectivity index (χ2n) is 5.47. The van der Waals surface area contributed by atoms with E-state index >= 15 is 0 Å². The summed E-state index contributed by atoms with van der Waals surface area (Å²) in [5, 5.41) is 6.48. The monoisotopic (exact) mass is 293 g/mol. The van der Waals surface area contributed by atoms with Crippen LogP contribution in [0.4, 0.5) is 4.39 Å². The zero-order valence-corrected chi connectivity index (χ0v) is 12.7. The highest BCUT2D eigenvalue weighted by molar-refractivity contribution is 5.79. The molecule has 0 aliphatic heterocycles. The van der Waals surface area contributed by atoms with Crippen LogP contribution in [0, 0.1) is 11.7 Å². The number of ether oxygens (including phenoxy) is 1. The van der Waals surface area contributed by atoms with E-state index in [0.29, 0.717) is 6.54 Å². The Morgan fingerprint density at radius 3 is 2.81 bits per heavy atom. The maximum absolute atomic E-state index is 13.5. The summed E-state index contributed by atoms with van der Waals surface area (Å²) in [5.41, 5.74) is 0. The van der Waals surface area contributed by atoms with Gasteiger partial charge in [-0.25, -0.2) is 4.39 Å². The molecule has 1 unspecified atom stereocenters. The summed E-state index contributed by atoms with van der Waals surface area (Å²) in [4.78, 5) is 4.17. The number of hydrogen-bond donors (Lipinski definition) is 2. The highest BCUT2D eigenvalue weighted by atomic mass is 19.1. The number of rotatable bonds is 7. The van der Waals surface area contributed by atoms with Gasteiger partial charge in [0.1, 0.15) is 6.10 Å². The number of para-hydroxylation sites is 1. The van der Waals surface area contributed by atoms with Crippen molar-refractivity contribution in [3.8, 4) is 5.75 Å². The maximum atomic E-state index is 13.5. The van der Waals surface area contributed by atoms with Gasteiger partial charge in [-0.05, 0) is 31.4 Å². The van der Waals surface area contributed by atoms with E-state index in [1.54, 1.807) is 25.2 Å². The van der Waals surface area contributed by atoms with Gasteiger partial charge in [0, 0.05) is 13.6 Å². The van der Waals surface area contributed by atoms with E-state index in [2.05, 4.69) is 15.6 Å². The number of halogens is 1. The fourth-order valence-electron chi connectivity index (χ4n) is 2.06. The molecular weight excluding hydrogens is 269 g/mol. The first kappa shape index (κ1) is 15.6. The van der Waals surface area contributed by atoms with Gasteiger partial charge in [0.05, 0.1) is 6.54 Å². The van der Waals surface area contributed by atoms with Crippen molar-refractivity contribution in [2.45, 2.75) is 32.3 Å². The molecule has 2 rings (SSSR count). The number of benzene rings is 1. The molecule has 2 N–H and O–H groups in total. The molecule has 0 amide bonds. The maximum Gasteiger partial charge on any atom is 0.191 e. The lowest BCUT2D eigenvalue weighted by molar-refractivity contribution is 0.214. The van der Waals surface area contributed by atoms with Crippen molar-refractivity contribution in [3.63, 3.8) is 0 Å². The number of aliphatic imine (C=N–C) groups is 1. The summed E-state index contributed by atoms with van der Waals surface area (Å²) in [6.07, 6.45) is 3.77. The van der Waals surface area contributed by atoms with E-state index in [9.17, 15) is 4.39 Å². The van der Waals surface area contributed by atoms with Crippen molar-refractivity contribution in [3.05, 3.63) is 30.1 Å². The molecular formula is C16H24FN3O. The minimum absolute atomic E-state index is 0.149. The van der Waals surface area contributed by atoms with Crippen LogP contribution in [0.5, 0.6) is 5.75 Å². The molecule has 1 aromatic carbocycles. The Bertz CT molecular complexity index is 474. The summed E-state index contributed by atoms with van der Waals surface area (Å²) in [6.45, 7) is 3.40. The van der Waals surface area contributed by atoms with Crippen molar-refractivity contribution in [1.82, 2.24) is 10.6 Å². The first-order chi connectivity index (χ1) is 10.2. The summed E-state index contributed by atoms with van der Waals surface area (Å²) >= 11 is 0. The molecule has 1 saturated carbocycles. The van der Waals surface area contributed by atoms with Gasteiger partial charge in [-0.2, -0.15) is 0 Å². The molecule has 1 aromatic rings. The van der Waals surface area contributed by atoms with Crippen molar-refractivity contribution < 1.29 is 9.13 Å². The third kappa shape index (κ3) is 5.61. The molecule has 1 fully saturated rings. The standard InChI is InChI=1S/C16H24FN3O/c1-12(21-15-6-4-3-5-14(15)17)11-20-16(18-2)19-10-9-13-7-8-13/h3-6,12-13H,7-11H2,1-2H3,(H2,18,19,20). The average Bonchev–Trinajstić information content (AvgIpc) is 3.29. The summed E-state index contributed by atoms with van der Waals surface area (Å²) < 4.78 is 19.1. The average molecular weight is 293 g/mol. The van der Waals surface area contributed by atoms with E-state index in [4.69, 9.17) is 4.74 Å². The Hall–Kier alpha value is -1.78. The number of nitrogens with one attached hydrogen (secondary N) is 2. The van der Waals surface area contributed by atoms with Crippen LogP contribution in [0.1, 0.15) is 26.2 Å². The van der Waals surface area contributed by atoms with Crippen LogP contribution in [0.3, 0.4) is 0 Å². The van der Waals surface area contributed by atoms with E-state index in [1.807, 2.05) is 6.92 Å². The lowest BCUT2D eigenvalue weighted by Crippen LogP contribution is -2.42. The molecule has 1 atom stereocenters. The normalized spacial score (nSPS) is 16.4. The topological polar surface area (TPSA) is 45.7 Å². The largest absolute Gasteiger partial charge is 0.486 e. The third-order valence-corrected chi connectivity index (χ3v) is 3.49. The van der Waals surface area contributed by atoms with Crippen molar-refractivity contribution in [2.24, 2.45) is 10.9 Å². The van der Waals surface area contributed by atoms with Gasteiger partial charge in [-0.1, -0.05) is 25.0 Å². The van der Waals surface area contributed by atoms with Gasteiger partial charge in [0.25, 0.3) is 0 Å². The number of nitrogens with zero attached hydrogens (tertiary/aromatic N) is 1. The highest BCUT2D eigenvalue weighted by Gasteiger charge is 2.20. The third-order valence-electron chi connectivity index (χ3n) is 3.49. The van der Waals surface area contributed by atoms with Gasteiger partial charge in [0.15, 0.2) is 17.5 Å². The molecule has 1 aliphatic rings. The van der Waals surface area contributed by atoms with Crippen LogP contribution in [0.2, 0.25) is 0 Å². The number of guanidine groups is 1. The fraction of sp³-hybridized carbons (Fsp3) is 0.562.